The van der Waals surface area contributed by atoms with Gasteiger partial charge < -0.3 is 19.7 Å². The summed E-state index contributed by atoms with van der Waals surface area (Å²) in [6, 6.07) is 1.45. The third-order valence-electron chi connectivity index (χ3n) is 6.29. The maximum absolute atomic E-state index is 13.1. The van der Waals surface area contributed by atoms with Crippen molar-refractivity contribution in [3.63, 3.8) is 0 Å². The fourth-order valence-electron chi connectivity index (χ4n) is 4.40. The number of halogens is 3. The first-order chi connectivity index (χ1) is 14.7. The van der Waals surface area contributed by atoms with Crippen LogP contribution in [0.1, 0.15) is 49.9 Å². The molecular weight excluding hydrogens is 411 g/mol. The second-order valence-electron chi connectivity index (χ2n) is 8.49. The molecule has 4 atom stereocenters. The number of alkyl halides is 3. The fraction of sp³-hybridized carbons (Fsp3) is 0.727. The van der Waals surface area contributed by atoms with Gasteiger partial charge in [0.05, 0.1) is 18.3 Å². The van der Waals surface area contributed by atoms with Gasteiger partial charge in [-0.15, -0.1) is 0 Å². The minimum absolute atomic E-state index is 0.0114. The summed E-state index contributed by atoms with van der Waals surface area (Å²) in [7, 11) is 1.67. The molecule has 0 spiro atoms. The van der Waals surface area contributed by atoms with Gasteiger partial charge in [0.2, 0.25) is 5.91 Å². The quantitative estimate of drug-likeness (QED) is 0.701. The van der Waals surface area contributed by atoms with E-state index >= 15 is 0 Å². The van der Waals surface area contributed by atoms with Crippen molar-refractivity contribution in [1.29, 1.82) is 0 Å². The summed E-state index contributed by atoms with van der Waals surface area (Å²) in [5.74, 6) is -0.267. The molecule has 1 saturated heterocycles. The highest BCUT2D eigenvalue weighted by Gasteiger charge is 2.34. The van der Waals surface area contributed by atoms with E-state index in [1.54, 1.807) is 12.0 Å². The van der Waals surface area contributed by atoms with E-state index in [4.69, 9.17) is 9.47 Å². The van der Waals surface area contributed by atoms with Crippen LogP contribution in [0, 0.1) is 5.92 Å². The third kappa shape index (κ3) is 5.96. The molecule has 0 aliphatic carbocycles. The van der Waals surface area contributed by atoms with Crippen LogP contribution in [-0.4, -0.2) is 60.8 Å². The number of aromatic nitrogens is 1. The Balaban J connectivity index is 1.60. The van der Waals surface area contributed by atoms with Gasteiger partial charge >= 0.3 is 6.18 Å². The lowest BCUT2D eigenvalue weighted by atomic mass is 9.95. The summed E-state index contributed by atoms with van der Waals surface area (Å²) in [5.41, 5.74) is 0.355. The number of hydrogen-bond donors (Lipinski definition) is 1. The number of pyridine rings is 1. The summed E-state index contributed by atoms with van der Waals surface area (Å²) in [6.07, 6.45) is -0.720. The summed E-state index contributed by atoms with van der Waals surface area (Å²) in [5, 5.41) is 3.62. The molecule has 3 heterocycles. The largest absolute Gasteiger partial charge is 0.417 e. The number of nitrogens with one attached hydrogen (secondary N) is 1. The van der Waals surface area contributed by atoms with Gasteiger partial charge in [-0.25, -0.2) is 0 Å². The van der Waals surface area contributed by atoms with Crippen LogP contribution < -0.4 is 5.32 Å². The molecule has 1 amide bonds. The average Bonchev–Trinajstić information content (AvgIpc) is 2.76. The number of amides is 1. The molecule has 0 bridgehead atoms. The average molecular weight is 444 g/mol. The van der Waals surface area contributed by atoms with Crippen LogP contribution in [-0.2, 0) is 33.4 Å². The number of ether oxygens (including phenoxy) is 2. The lowest BCUT2D eigenvalue weighted by Gasteiger charge is -2.35. The van der Waals surface area contributed by atoms with Gasteiger partial charge in [-0.3, -0.25) is 9.78 Å². The molecule has 1 aromatic rings. The van der Waals surface area contributed by atoms with E-state index in [0.717, 1.165) is 25.1 Å². The number of rotatable bonds is 7. The predicted molar refractivity (Wildman–Crippen MR) is 109 cm³/mol. The van der Waals surface area contributed by atoms with Gasteiger partial charge in [-0.2, -0.15) is 13.2 Å². The Morgan fingerprint density at radius 2 is 2.23 bits per heavy atom. The first-order valence-electron chi connectivity index (χ1n) is 10.9. The Morgan fingerprint density at radius 1 is 1.45 bits per heavy atom. The van der Waals surface area contributed by atoms with Crippen molar-refractivity contribution in [2.45, 2.75) is 70.4 Å². The van der Waals surface area contributed by atoms with Gasteiger partial charge in [0.15, 0.2) is 0 Å². The molecule has 174 valence electrons. The Kier molecular flexibility index (Phi) is 7.93. The standard InChI is InChI=1S/C22H32F3N3O3/c1-4-17(27-19-6-8-31-13-20(19)30-3)9-14(2)21(29)28-7-5-18-15(12-28)10-16(11-26-18)22(23,24)25/h10-11,14,17,19-20,27H,4-9,12-13H2,1-3H3. The summed E-state index contributed by atoms with van der Waals surface area (Å²) >= 11 is 0. The second kappa shape index (κ2) is 10.3. The third-order valence-corrected chi connectivity index (χ3v) is 6.29. The van der Waals surface area contributed by atoms with Gasteiger partial charge in [0, 0.05) is 63.1 Å². The molecule has 3 rings (SSSR count). The monoisotopic (exact) mass is 443 g/mol. The molecule has 0 aromatic carbocycles. The van der Waals surface area contributed by atoms with E-state index in [0.29, 0.717) is 43.9 Å². The van der Waals surface area contributed by atoms with E-state index in [1.807, 2.05) is 6.92 Å². The van der Waals surface area contributed by atoms with Gasteiger partial charge in [-0.05, 0) is 30.9 Å². The highest BCUT2D eigenvalue weighted by atomic mass is 19.4. The van der Waals surface area contributed by atoms with Gasteiger partial charge in [-0.1, -0.05) is 13.8 Å². The Labute approximate surface area is 181 Å². The van der Waals surface area contributed by atoms with Crippen molar-refractivity contribution >= 4 is 5.91 Å². The Bertz CT molecular complexity index is 759. The first kappa shape index (κ1) is 23.9. The maximum atomic E-state index is 13.1. The van der Waals surface area contributed by atoms with Crippen molar-refractivity contribution in [1.82, 2.24) is 15.2 Å². The number of carbonyl (C=O) groups is 1. The van der Waals surface area contributed by atoms with Gasteiger partial charge in [0.25, 0.3) is 0 Å². The highest BCUT2D eigenvalue weighted by Crippen LogP contribution is 2.31. The van der Waals surface area contributed by atoms with E-state index in [9.17, 15) is 18.0 Å². The Morgan fingerprint density at radius 3 is 2.90 bits per heavy atom. The first-order valence-corrected chi connectivity index (χ1v) is 10.9. The summed E-state index contributed by atoms with van der Waals surface area (Å²) in [6.45, 7) is 5.86. The van der Waals surface area contributed by atoms with Crippen molar-refractivity contribution in [3.8, 4) is 0 Å². The van der Waals surface area contributed by atoms with Crippen LogP contribution >= 0.6 is 0 Å². The number of carbonyl (C=O) groups excluding carboxylic acids is 1. The maximum Gasteiger partial charge on any atom is 0.417 e. The van der Waals surface area contributed by atoms with E-state index in [1.165, 1.54) is 0 Å². The number of nitrogens with zero attached hydrogens (tertiary/aromatic N) is 2. The zero-order valence-electron chi connectivity index (χ0n) is 18.4. The van der Waals surface area contributed by atoms with Crippen molar-refractivity contribution in [3.05, 3.63) is 29.1 Å². The molecular formula is C22H32F3N3O3. The molecule has 0 saturated carbocycles. The Hall–Kier alpha value is -1.71. The summed E-state index contributed by atoms with van der Waals surface area (Å²) in [4.78, 5) is 18.7. The van der Waals surface area contributed by atoms with E-state index in [2.05, 4.69) is 17.2 Å². The van der Waals surface area contributed by atoms with Crippen LogP contribution in [0.4, 0.5) is 13.2 Å². The fourth-order valence-corrected chi connectivity index (χ4v) is 4.40. The summed E-state index contributed by atoms with van der Waals surface area (Å²) < 4.78 is 50.1. The molecule has 1 fully saturated rings. The van der Waals surface area contributed by atoms with Crippen LogP contribution in [0.5, 0.6) is 0 Å². The molecule has 6 nitrogen and oxygen atoms in total. The lowest BCUT2D eigenvalue weighted by molar-refractivity contribution is -0.138. The van der Waals surface area contributed by atoms with E-state index < -0.39 is 11.7 Å². The molecule has 31 heavy (non-hydrogen) atoms. The zero-order valence-corrected chi connectivity index (χ0v) is 18.4. The predicted octanol–water partition coefficient (Wildman–Crippen LogP) is 3.18. The van der Waals surface area contributed by atoms with Crippen LogP contribution in [0.3, 0.4) is 0 Å². The lowest BCUT2D eigenvalue weighted by Crippen LogP contribution is -2.51. The number of hydrogen-bond acceptors (Lipinski definition) is 5. The number of methoxy groups -OCH3 is 1. The van der Waals surface area contributed by atoms with Crippen molar-refractivity contribution in [2.24, 2.45) is 5.92 Å². The molecule has 0 radical (unpaired) electrons. The zero-order chi connectivity index (χ0) is 22.6. The molecule has 4 unspecified atom stereocenters. The minimum atomic E-state index is -4.44. The molecule has 2 aliphatic heterocycles. The minimum Gasteiger partial charge on any atom is -0.379 e. The van der Waals surface area contributed by atoms with Crippen molar-refractivity contribution in [2.75, 3.05) is 26.9 Å². The molecule has 9 heteroatoms. The topological polar surface area (TPSA) is 63.7 Å². The van der Waals surface area contributed by atoms with Gasteiger partial charge in [0.1, 0.15) is 0 Å². The smallest absolute Gasteiger partial charge is 0.379 e. The highest BCUT2D eigenvalue weighted by molar-refractivity contribution is 5.78. The number of fused-ring (bicyclic) bond motifs is 1. The molecule has 1 N–H and O–H groups in total. The van der Waals surface area contributed by atoms with Crippen LogP contribution in [0.25, 0.3) is 0 Å². The van der Waals surface area contributed by atoms with Crippen LogP contribution in [0.15, 0.2) is 12.3 Å². The molecule has 1 aromatic heterocycles. The van der Waals surface area contributed by atoms with Crippen LogP contribution in [0.2, 0.25) is 0 Å². The normalized spacial score (nSPS) is 23.9. The second-order valence-corrected chi connectivity index (χ2v) is 8.49. The SMILES string of the molecule is CCC(CC(C)C(=O)N1CCc2ncc(C(F)(F)F)cc2C1)NC1CCOCC1OC. The molecule has 2 aliphatic rings. The van der Waals surface area contributed by atoms with Crippen molar-refractivity contribution < 1.29 is 27.4 Å². The van der Waals surface area contributed by atoms with E-state index in [-0.39, 0.29) is 36.6 Å².